The largest absolute Gasteiger partial charge is 0.374 e. The van der Waals surface area contributed by atoms with Crippen LogP contribution in [0.5, 0.6) is 0 Å². The minimum atomic E-state index is -0.283. The Morgan fingerprint density at radius 2 is 2.58 bits per heavy atom. The molecule has 1 aromatic rings. The van der Waals surface area contributed by atoms with E-state index < -0.39 is 0 Å². The first-order chi connectivity index (χ1) is 5.86. The van der Waals surface area contributed by atoms with Gasteiger partial charge in [0, 0.05) is 18.9 Å². The molecule has 2 bridgehead atoms. The number of aliphatic hydroxyl groups is 1. The van der Waals surface area contributed by atoms with Gasteiger partial charge in [-0.3, -0.25) is 5.10 Å². The van der Waals surface area contributed by atoms with Gasteiger partial charge < -0.3 is 10.0 Å². The molecule has 0 saturated carbocycles. The summed E-state index contributed by atoms with van der Waals surface area (Å²) in [6.45, 7) is 0.971. The molecule has 0 aliphatic carbocycles. The minimum absolute atomic E-state index is 0.283. The monoisotopic (exact) mass is 165 g/mol. The molecule has 12 heavy (non-hydrogen) atoms. The summed E-state index contributed by atoms with van der Waals surface area (Å²) >= 11 is 0. The number of hydrogen-bond acceptors (Lipinski definition) is 3. The highest BCUT2D eigenvalue weighted by atomic mass is 16.3. The zero-order valence-electron chi connectivity index (χ0n) is 6.70. The van der Waals surface area contributed by atoms with E-state index in [9.17, 15) is 5.11 Å². The number of anilines is 1. The Labute approximate surface area is 70.2 Å². The van der Waals surface area contributed by atoms with Crippen molar-refractivity contribution in [2.75, 3.05) is 11.4 Å². The Morgan fingerprint density at radius 1 is 1.67 bits per heavy atom. The SMILES string of the molecule is OC1CC2CCN1c1cn[nH]c12. The van der Waals surface area contributed by atoms with E-state index in [0.29, 0.717) is 5.92 Å². The van der Waals surface area contributed by atoms with Crippen molar-refractivity contribution in [3.8, 4) is 0 Å². The van der Waals surface area contributed by atoms with Gasteiger partial charge in [-0.05, 0) is 6.42 Å². The van der Waals surface area contributed by atoms with Crippen LogP contribution in [0.3, 0.4) is 0 Å². The summed E-state index contributed by atoms with van der Waals surface area (Å²) in [6.07, 6.45) is 3.53. The first-order valence-electron chi connectivity index (χ1n) is 4.34. The second-order valence-electron chi connectivity index (χ2n) is 3.56. The molecule has 1 fully saturated rings. The Bertz CT molecular complexity index is 309. The first-order valence-corrected chi connectivity index (χ1v) is 4.34. The molecule has 3 aliphatic rings. The molecule has 0 amide bonds. The molecular weight excluding hydrogens is 154 g/mol. The minimum Gasteiger partial charge on any atom is -0.374 e. The van der Waals surface area contributed by atoms with Gasteiger partial charge in [0.2, 0.25) is 0 Å². The standard InChI is InChI=1S/C8H11N3O/c12-7-3-5-1-2-11(7)6-4-9-10-8(5)6/h4-5,7,12H,1-3H2,(H,9,10). The van der Waals surface area contributed by atoms with Gasteiger partial charge in [-0.15, -0.1) is 0 Å². The fraction of sp³-hybridized carbons (Fsp3) is 0.625. The second-order valence-corrected chi connectivity index (χ2v) is 3.56. The lowest BCUT2D eigenvalue weighted by Gasteiger charge is -2.43. The summed E-state index contributed by atoms with van der Waals surface area (Å²) in [5.74, 6) is 0.502. The first kappa shape index (κ1) is 6.48. The number of H-pyrrole nitrogens is 1. The van der Waals surface area contributed by atoms with Gasteiger partial charge in [-0.1, -0.05) is 0 Å². The summed E-state index contributed by atoms with van der Waals surface area (Å²) in [5.41, 5.74) is 2.32. The maximum Gasteiger partial charge on any atom is 0.127 e. The normalized spacial score (nSPS) is 32.2. The third kappa shape index (κ3) is 0.634. The van der Waals surface area contributed by atoms with E-state index in [-0.39, 0.29) is 6.23 Å². The molecule has 4 heteroatoms. The highest BCUT2D eigenvalue weighted by Gasteiger charge is 2.37. The van der Waals surface area contributed by atoms with Crippen molar-refractivity contribution in [3.05, 3.63) is 11.9 Å². The van der Waals surface area contributed by atoms with Gasteiger partial charge in [0.05, 0.1) is 17.6 Å². The van der Waals surface area contributed by atoms with E-state index in [1.807, 2.05) is 11.1 Å². The highest BCUT2D eigenvalue weighted by molar-refractivity contribution is 5.55. The Hall–Kier alpha value is -1.03. The van der Waals surface area contributed by atoms with E-state index in [0.717, 1.165) is 25.1 Å². The molecule has 0 radical (unpaired) electrons. The average Bonchev–Trinajstić information content (AvgIpc) is 2.53. The van der Waals surface area contributed by atoms with Gasteiger partial charge in [0.25, 0.3) is 0 Å². The fourth-order valence-corrected chi connectivity index (χ4v) is 2.31. The molecule has 64 valence electrons. The molecule has 2 N–H and O–H groups in total. The predicted molar refractivity (Wildman–Crippen MR) is 43.9 cm³/mol. The number of fused-ring (bicyclic) bond motifs is 2. The van der Waals surface area contributed by atoms with Gasteiger partial charge in [0.15, 0.2) is 0 Å². The number of aromatic amines is 1. The van der Waals surface area contributed by atoms with Crippen LogP contribution in [0.15, 0.2) is 6.20 Å². The lowest BCUT2D eigenvalue weighted by molar-refractivity contribution is 0.120. The molecule has 4 rings (SSSR count). The maximum absolute atomic E-state index is 9.65. The smallest absolute Gasteiger partial charge is 0.127 e. The summed E-state index contributed by atoms with van der Waals surface area (Å²) in [4.78, 5) is 2.03. The van der Waals surface area contributed by atoms with Crippen LogP contribution >= 0.6 is 0 Å². The van der Waals surface area contributed by atoms with Crippen LogP contribution in [0.25, 0.3) is 0 Å². The van der Waals surface area contributed by atoms with Crippen LogP contribution in [0.4, 0.5) is 5.69 Å². The molecule has 3 aliphatic heterocycles. The van der Waals surface area contributed by atoms with Crippen LogP contribution < -0.4 is 4.90 Å². The number of piperidine rings is 1. The van der Waals surface area contributed by atoms with Crippen molar-refractivity contribution >= 4 is 5.69 Å². The third-order valence-corrected chi connectivity index (χ3v) is 2.94. The molecule has 1 aromatic heterocycles. The number of nitrogens with one attached hydrogen (secondary N) is 1. The molecule has 2 unspecified atom stereocenters. The maximum atomic E-state index is 9.65. The van der Waals surface area contributed by atoms with Crippen LogP contribution in [0, 0.1) is 0 Å². The predicted octanol–water partition coefficient (Wildman–Crippen LogP) is 0.426. The van der Waals surface area contributed by atoms with Crippen molar-refractivity contribution in [2.24, 2.45) is 0 Å². The number of aliphatic hydroxyl groups excluding tert-OH is 1. The molecular formula is C8H11N3O. The Kier molecular flexibility index (Phi) is 1.09. The van der Waals surface area contributed by atoms with E-state index in [2.05, 4.69) is 10.2 Å². The summed E-state index contributed by atoms with van der Waals surface area (Å²) < 4.78 is 0. The van der Waals surface area contributed by atoms with E-state index in [4.69, 9.17) is 0 Å². The van der Waals surface area contributed by atoms with E-state index >= 15 is 0 Å². The topological polar surface area (TPSA) is 52.1 Å². The van der Waals surface area contributed by atoms with Crippen molar-refractivity contribution in [2.45, 2.75) is 25.0 Å². The zero-order chi connectivity index (χ0) is 8.13. The fourth-order valence-electron chi connectivity index (χ4n) is 2.31. The number of nitrogens with zero attached hydrogens (tertiary/aromatic N) is 2. The molecule has 4 nitrogen and oxygen atoms in total. The summed E-state index contributed by atoms with van der Waals surface area (Å²) in [7, 11) is 0. The summed E-state index contributed by atoms with van der Waals surface area (Å²) in [6, 6.07) is 0. The van der Waals surface area contributed by atoms with E-state index in [1.54, 1.807) is 0 Å². The molecule has 2 atom stereocenters. The lowest BCUT2D eigenvalue weighted by Crippen LogP contribution is -2.46. The molecule has 4 heterocycles. The van der Waals surface area contributed by atoms with Crippen LogP contribution in [-0.4, -0.2) is 28.1 Å². The van der Waals surface area contributed by atoms with Gasteiger partial charge in [-0.2, -0.15) is 5.10 Å². The highest BCUT2D eigenvalue weighted by Crippen LogP contribution is 2.42. The number of rotatable bonds is 0. The van der Waals surface area contributed by atoms with Crippen molar-refractivity contribution < 1.29 is 5.11 Å². The number of aromatic nitrogens is 2. The molecule has 0 spiro atoms. The van der Waals surface area contributed by atoms with Gasteiger partial charge in [-0.25, -0.2) is 0 Å². The lowest BCUT2D eigenvalue weighted by atomic mass is 9.86. The summed E-state index contributed by atoms with van der Waals surface area (Å²) in [5, 5.41) is 16.7. The van der Waals surface area contributed by atoms with Gasteiger partial charge in [0.1, 0.15) is 6.23 Å². The van der Waals surface area contributed by atoms with Crippen molar-refractivity contribution in [1.29, 1.82) is 0 Å². The average molecular weight is 165 g/mol. The second kappa shape index (κ2) is 2.01. The number of hydrogen-bond donors (Lipinski definition) is 2. The van der Waals surface area contributed by atoms with Crippen molar-refractivity contribution in [1.82, 2.24) is 10.2 Å². The van der Waals surface area contributed by atoms with Crippen LogP contribution in [0.1, 0.15) is 24.5 Å². The van der Waals surface area contributed by atoms with Crippen LogP contribution in [-0.2, 0) is 0 Å². The van der Waals surface area contributed by atoms with Crippen molar-refractivity contribution in [3.63, 3.8) is 0 Å². The quantitative estimate of drug-likeness (QED) is 0.586. The van der Waals surface area contributed by atoms with Crippen LogP contribution in [0.2, 0.25) is 0 Å². The zero-order valence-corrected chi connectivity index (χ0v) is 6.70. The van der Waals surface area contributed by atoms with E-state index in [1.165, 1.54) is 5.69 Å². The molecule has 1 saturated heterocycles. The van der Waals surface area contributed by atoms with Gasteiger partial charge >= 0.3 is 0 Å². The Morgan fingerprint density at radius 3 is 3.42 bits per heavy atom. The molecule has 0 aromatic carbocycles. The third-order valence-electron chi connectivity index (χ3n) is 2.94. The Balaban J connectivity index is 2.15.